The van der Waals surface area contributed by atoms with E-state index in [-0.39, 0.29) is 24.3 Å². The van der Waals surface area contributed by atoms with Crippen LogP contribution in [0, 0.1) is 5.82 Å². The summed E-state index contributed by atoms with van der Waals surface area (Å²) in [6, 6.07) is 5.43. The number of ether oxygens (including phenoxy) is 1. The van der Waals surface area contributed by atoms with E-state index in [1.807, 2.05) is 0 Å². The summed E-state index contributed by atoms with van der Waals surface area (Å²) in [6.45, 7) is -0.180. The Kier molecular flexibility index (Phi) is 4.13. The normalized spacial score (nSPS) is 17.0. The van der Waals surface area contributed by atoms with Crippen molar-refractivity contribution in [2.24, 2.45) is 0 Å². The third kappa shape index (κ3) is 2.91. The van der Waals surface area contributed by atoms with Gasteiger partial charge in [-0.2, -0.15) is 0 Å². The minimum absolute atomic E-state index is 0.0510. The Morgan fingerprint density at radius 3 is 2.79 bits per heavy atom. The summed E-state index contributed by atoms with van der Waals surface area (Å²) >= 11 is 0. The Morgan fingerprint density at radius 1 is 1.38 bits per heavy atom. The molecule has 2 heterocycles. The first-order chi connectivity index (χ1) is 11.5. The van der Waals surface area contributed by atoms with Crippen molar-refractivity contribution in [1.29, 1.82) is 0 Å². The van der Waals surface area contributed by atoms with Gasteiger partial charge in [0.1, 0.15) is 11.9 Å². The molecule has 124 valence electrons. The molecular weight excluding hydrogens is 319 g/mol. The zero-order valence-corrected chi connectivity index (χ0v) is 12.3. The number of carbonyl (C=O) groups excluding carboxylic acids is 1. The number of hydrogen-bond acceptors (Lipinski definition) is 5. The minimum Gasteiger partial charge on any atom is -0.478 e. The van der Waals surface area contributed by atoms with Crippen LogP contribution in [0.2, 0.25) is 0 Å². The molecule has 0 unspecified atom stereocenters. The van der Waals surface area contributed by atoms with E-state index < -0.39 is 24.0 Å². The number of nitrogens with zero attached hydrogens (tertiary/aromatic N) is 2. The van der Waals surface area contributed by atoms with E-state index in [0.717, 1.165) is 6.07 Å². The maximum atomic E-state index is 14.4. The molecule has 24 heavy (non-hydrogen) atoms. The van der Waals surface area contributed by atoms with Crippen LogP contribution in [0.25, 0.3) is 11.1 Å². The molecule has 0 spiro atoms. The van der Waals surface area contributed by atoms with Gasteiger partial charge < -0.3 is 14.9 Å². The zero-order valence-electron chi connectivity index (χ0n) is 12.3. The number of aliphatic hydroxyl groups excluding tert-OH is 1. The second-order valence-electron chi connectivity index (χ2n) is 5.23. The number of cyclic esters (lactones) is 1. The van der Waals surface area contributed by atoms with Gasteiger partial charge in [0.2, 0.25) is 0 Å². The first-order valence-corrected chi connectivity index (χ1v) is 7.07. The van der Waals surface area contributed by atoms with Crippen LogP contribution in [0.15, 0.2) is 36.7 Å². The quantitative estimate of drug-likeness (QED) is 0.887. The Morgan fingerprint density at radius 2 is 2.17 bits per heavy atom. The molecule has 8 heteroatoms. The van der Waals surface area contributed by atoms with Crippen LogP contribution in [-0.2, 0) is 4.74 Å². The molecule has 0 aliphatic carbocycles. The molecule has 3 rings (SSSR count). The fraction of sp³-hybridized carbons (Fsp3) is 0.188. The first-order valence-electron chi connectivity index (χ1n) is 7.07. The summed E-state index contributed by atoms with van der Waals surface area (Å²) in [5.41, 5.74) is 0.723. The molecular formula is C16H13FN2O5. The van der Waals surface area contributed by atoms with Crippen molar-refractivity contribution in [2.45, 2.75) is 6.10 Å². The summed E-state index contributed by atoms with van der Waals surface area (Å²) in [5, 5.41) is 18.0. The number of aromatic carboxylic acids is 1. The highest BCUT2D eigenvalue weighted by Gasteiger charge is 2.32. The van der Waals surface area contributed by atoms with Gasteiger partial charge in [-0.15, -0.1) is 0 Å². The smallest absolute Gasteiger partial charge is 0.414 e. The standard InChI is InChI=1S/C16H13FN2O5/c17-14-4-11(19-7-12(8-20)24-16(19)23)1-2-13(14)9-3-10(15(21)22)6-18-5-9/h1-6,12,20H,7-8H2,(H,21,22)/t12-/m1/s1. The van der Waals surface area contributed by atoms with Crippen LogP contribution >= 0.6 is 0 Å². The van der Waals surface area contributed by atoms with Gasteiger partial charge in [0.25, 0.3) is 0 Å². The molecule has 1 aromatic heterocycles. The van der Waals surface area contributed by atoms with E-state index in [4.69, 9.17) is 14.9 Å². The second kappa shape index (κ2) is 6.25. The summed E-state index contributed by atoms with van der Waals surface area (Å²) in [7, 11) is 0. The zero-order chi connectivity index (χ0) is 17.3. The Labute approximate surface area is 135 Å². The fourth-order valence-corrected chi connectivity index (χ4v) is 2.44. The van der Waals surface area contributed by atoms with Gasteiger partial charge >= 0.3 is 12.1 Å². The van der Waals surface area contributed by atoms with Gasteiger partial charge in [-0.3, -0.25) is 9.88 Å². The number of carbonyl (C=O) groups is 2. The van der Waals surface area contributed by atoms with Gasteiger partial charge in [0.05, 0.1) is 24.4 Å². The summed E-state index contributed by atoms with van der Waals surface area (Å²) in [5.74, 6) is -1.78. The highest BCUT2D eigenvalue weighted by Crippen LogP contribution is 2.29. The number of pyridine rings is 1. The molecule has 1 aliphatic rings. The average molecular weight is 332 g/mol. The van der Waals surface area contributed by atoms with Gasteiger partial charge in [-0.25, -0.2) is 14.0 Å². The number of anilines is 1. The number of halogens is 1. The Balaban J connectivity index is 1.92. The number of hydrogen-bond donors (Lipinski definition) is 2. The third-order valence-corrected chi connectivity index (χ3v) is 3.64. The van der Waals surface area contributed by atoms with Crippen LogP contribution in [0.4, 0.5) is 14.9 Å². The lowest BCUT2D eigenvalue weighted by atomic mass is 10.0. The number of carboxylic acid groups (broad SMARTS) is 1. The number of aliphatic hydroxyl groups is 1. The predicted octanol–water partition coefficient (Wildman–Crippen LogP) is 1.90. The van der Waals surface area contributed by atoms with E-state index in [0.29, 0.717) is 11.3 Å². The molecule has 0 radical (unpaired) electrons. The molecule has 1 aromatic carbocycles. The largest absolute Gasteiger partial charge is 0.478 e. The average Bonchev–Trinajstić information content (AvgIpc) is 2.96. The SMILES string of the molecule is O=C(O)c1cncc(-c2ccc(N3C[C@H](CO)OC3=O)cc2F)c1. The molecule has 1 fully saturated rings. The van der Waals surface area contributed by atoms with Crippen molar-refractivity contribution in [1.82, 2.24) is 4.98 Å². The van der Waals surface area contributed by atoms with E-state index in [2.05, 4.69) is 4.98 Å². The summed E-state index contributed by atoms with van der Waals surface area (Å²) in [6.07, 6.45) is 1.23. The Bertz CT molecular complexity index is 811. The minimum atomic E-state index is -1.16. The number of amides is 1. The lowest BCUT2D eigenvalue weighted by Gasteiger charge is -2.14. The van der Waals surface area contributed by atoms with Gasteiger partial charge in [0, 0.05) is 23.5 Å². The van der Waals surface area contributed by atoms with Crippen molar-refractivity contribution in [3.05, 3.63) is 48.0 Å². The molecule has 2 N–H and O–H groups in total. The van der Waals surface area contributed by atoms with Crippen molar-refractivity contribution in [3.8, 4) is 11.1 Å². The van der Waals surface area contributed by atoms with Crippen molar-refractivity contribution in [3.63, 3.8) is 0 Å². The van der Waals surface area contributed by atoms with Crippen molar-refractivity contribution >= 4 is 17.7 Å². The highest BCUT2D eigenvalue weighted by molar-refractivity contribution is 5.91. The molecule has 1 aliphatic heterocycles. The topological polar surface area (TPSA) is 100.0 Å². The molecule has 7 nitrogen and oxygen atoms in total. The van der Waals surface area contributed by atoms with E-state index >= 15 is 0 Å². The monoisotopic (exact) mass is 332 g/mol. The number of aromatic nitrogens is 1. The van der Waals surface area contributed by atoms with E-state index in [9.17, 15) is 14.0 Å². The molecule has 1 saturated heterocycles. The number of carboxylic acids is 1. The predicted molar refractivity (Wildman–Crippen MR) is 81.3 cm³/mol. The maximum Gasteiger partial charge on any atom is 0.414 e. The molecule has 1 atom stereocenters. The summed E-state index contributed by atoms with van der Waals surface area (Å²) in [4.78, 5) is 27.7. The Hall–Kier alpha value is -3.00. The number of rotatable bonds is 4. The number of benzene rings is 1. The van der Waals surface area contributed by atoms with E-state index in [1.165, 1.54) is 35.5 Å². The van der Waals surface area contributed by atoms with E-state index in [1.54, 1.807) is 0 Å². The van der Waals surface area contributed by atoms with Crippen LogP contribution < -0.4 is 4.90 Å². The molecule has 2 aromatic rings. The second-order valence-corrected chi connectivity index (χ2v) is 5.23. The highest BCUT2D eigenvalue weighted by atomic mass is 19.1. The summed E-state index contributed by atoms with van der Waals surface area (Å²) < 4.78 is 19.3. The lowest BCUT2D eigenvalue weighted by molar-refractivity contribution is 0.0696. The van der Waals surface area contributed by atoms with Gasteiger partial charge in [-0.05, 0) is 24.3 Å². The maximum absolute atomic E-state index is 14.4. The van der Waals surface area contributed by atoms with Crippen molar-refractivity contribution in [2.75, 3.05) is 18.1 Å². The van der Waals surface area contributed by atoms with Crippen molar-refractivity contribution < 1.29 is 28.9 Å². The molecule has 0 saturated carbocycles. The van der Waals surface area contributed by atoms with Gasteiger partial charge in [0.15, 0.2) is 0 Å². The van der Waals surface area contributed by atoms with Crippen LogP contribution in [0.3, 0.4) is 0 Å². The third-order valence-electron chi connectivity index (χ3n) is 3.64. The molecule has 1 amide bonds. The van der Waals surface area contributed by atoms with Crippen LogP contribution in [0.5, 0.6) is 0 Å². The van der Waals surface area contributed by atoms with Crippen LogP contribution in [0.1, 0.15) is 10.4 Å². The molecule has 0 bridgehead atoms. The lowest BCUT2D eigenvalue weighted by Crippen LogP contribution is -2.25. The first kappa shape index (κ1) is 15.9. The van der Waals surface area contributed by atoms with Crippen LogP contribution in [-0.4, -0.2) is 46.5 Å². The van der Waals surface area contributed by atoms with Gasteiger partial charge in [-0.1, -0.05) is 0 Å². The fourth-order valence-electron chi connectivity index (χ4n) is 2.44.